The molecule has 0 bridgehead atoms. The molecule has 3 rings (SSSR count). The van der Waals surface area contributed by atoms with Crippen LogP contribution in [0, 0.1) is 18.8 Å². The van der Waals surface area contributed by atoms with Crippen LogP contribution in [0.15, 0.2) is 24.3 Å². The summed E-state index contributed by atoms with van der Waals surface area (Å²) in [5.41, 5.74) is 1.94. The smallest absolute Gasteiger partial charge is 0.303 e. The molecule has 134 valence electrons. The van der Waals surface area contributed by atoms with Crippen LogP contribution in [0.4, 0.5) is 5.69 Å². The zero-order chi connectivity index (χ0) is 18.0. The van der Waals surface area contributed by atoms with Gasteiger partial charge in [0.1, 0.15) is 6.04 Å². The summed E-state index contributed by atoms with van der Waals surface area (Å²) in [5, 5.41) is 11.7. The summed E-state index contributed by atoms with van der Waals surface area (Å²) in [6, 6.07) is 7.27. The first-order chi connectivity index (χ1) is 12.0. The van der Waals surface area contributed by atoms with Crippen LogP contribution in [-0.2, 0) is 14.4 Å². The second-order valence-electron chi connectivity index (χ2n) is 7.11. The van der Waals surface area contributed by atoms with Crippen molar-refractivity contribution in [3.8, 4) is 0 Å². The highest BCUT2D eigenvalue weighted by molar-refractivity contribution is 6.00. The minimum atomic E-state index is -0.819. The monoisotopic (exact) mass is 344 g/mol. The topological polar surface area (TPSA) is 86.7 Å². The SMILES string of the molecule is Cc1ccccc1N1CCCC(NC(=O)C2CC(CC(=O)O)C2)C1=O. The van der Waals surface area contributed by atoms with E-state index in [2.05, 4.69) is 5.32 Å². The summed E-state index contributed by atoms with van der Waals surface area (Å²) in [4.78, 5) is 37.6. The fourth-order valence-electron chi connectivity index (χ4n) is 3.77. The quantitative estimate of drug-likeness (QED) is 0.856. The number of amides is 2. The van der Waals surface area contributed by atoms with Crippen LogP contribution >= 0.6 is 0 Å². The van der Waals surface area contributed by atoms with Crippen molar-refractivity contribution in [2.45, 2.75) is 45.1 Å². The summed E-state index contributed by atoms with van der Waals surface area (Å²) >= 11 is 0. The third kappa shape index (κ3) is 3.83. The van der Waals surface area contributed by atoms with E-state index in [9.17, 15) is 14.4 Å². The lowest BCUT2D eigenvalue weighted by molar-refractivity contribution is -0.141. The van der Waals surface area contributed by atoms with Crippen LogP contribution in [0.2, 0.25) is 0 Å². The molecule has 1 unspecified atom stereocenters. The van der Waals surface area contributed by atoms with Crippen molar-refractivity contribution in [1.82, 2.24) is 5.32 Å². The van der Waals surface area contributed by atoms with E-state index in [-0.39, 0.29) is 30.1 Å². The summed E-state index contributed by atoms with van der Waals surface area (Å²) in [5.74, 6) is -1.08. The summed E-state index contributed by atoms with van der Waals surface area (Å²) in [7, 11) is 0. The molecule has 1 aliphatic heterocycles. The number of piperidine rings is 1. The molecule has 25 heavy (non-hydrogen) atoms. The lowest BCUT2D eigenvalue weighted by Gasteiger charge is -2.37. The molecule has 2 aliphatic rings. The number of carboxylic acid groups (broad SMARTS) is 1. The van der Waals surface area contributed by atoms with Crippen molar-refractivity contribution in [1.29, 1.82) is 0 Å². The van der Waals surface area contributed by atoms with E-state index in [1.807, 2.05) is 31.2 Å². The molecular weight excluding hydrogens is 320 g/mol. The molecule has 0 spiro atoms. The number of carboxylic acids is 1. The maximum Gasteiger partial charge on any atom is 0.303 e. The molecular formula is C19H24N2O4. The second-order valence-corrected chi connectivity index (χ2v) is 7.11. The van der Waals surface area contributed by atoms with Gasteiger partial charge in [0.2, 0.25) is 11.8 Å². The Kier molecular flexibility index (Phi) is 5.06. The van der Waals surface area contributed by atoms with Crippen LogP contribution in [-0.4, -0.2) is 35.5 Å². The Morgan fingerprint density at radius 2 is 2.00 bits per heavy atom. The van der Waals surface area contributed by atoms with Crippen molar-refractivity contribution < 1.29 is 19.5 Å². The number of benzene rings is 1. The molecule has 2 amide bonds. The number of para-hydroxylation sites is 1. The summed E-state index contributed by atoms with van der Waals surface area (Å²) in [6.07, 6.45) is 2.81. The Bertz CT molecular complexity index is 682. The van der Waals surface area contributed by atoms with Crippen LogP contribution in [0.25, 0.3) is 0 Å². The Balaban J connectivity index is 1.58. The number of nitrogens with one attached hydrogen (secondary N) is 1. The molecule has 2 fully saturated rings. The molecule has 2 N–H and O–H groups in total. The van der Waals surface area contributed by atoms with E-state index in [0.717, 1.165) is 17.7 Å². The van der Waals surface area contributed by atoms with E-state index in [0.29, 0.717) is 25.8 Å². The number of nitrogens with zero attached hydrogens (tertiary/aromatic N) is 1. The Morgan fingerprint density at radius 1 is 1.28 bits per heavy atom. The predicted molar refractivity (Wildman–Crippen MR) is 93.2 cm³/mol. The fraction of sp³-hybridized carbons (Fsp3) is 0.526. The van der Waals surface area contributed by atoms with Crippen LogP contribution < -0.4 is 10.2 Å². The molecule has 1 saturated heterocycles. The Hall–Kier alpha value is -2.37. The Labute approximate surface area is 147 Å². The van der Waals surface area contributed by atoms with Gasteiger partial charge < -0.3 is 15.3 Å². The highest BCUT2D eigenvalue weighted by Crippen LogP contribution is 2.36. The molecule has 6 heteroatoms. The molecule has 1 aliphatic carbocycles. The normalized spacial score (nSPS) is 26.0. The average Bonchev–Trinajstić information content (AvgIpc) is 2.53. The molecule has 0 radical (unpaired) electrons. The molecule has 1 aromatic carbocycles. The molecule has 0 aromatic heterocycles. The van der Waals surface area contributed by atoms with Gasteiger partial charge in [-0.05, 0) is 50.2 Å². The standard InChI is InChI=1S/C19H24N2O4/c1-12-5-2-3-7-16(12)21-8-4-6-15(19(21)25)20-18(24)14-9-13(10-14)11-17(22)23/h2-3,5,7,13-15H,4,6,8-11H2,1H3,(H,20,24)(H,22,23). The van der Waals surface area contributed by atoms with E-state index in [1.165, 1.54) is 0 Å². The van der Waals surface area contributed by atoms with Crippen molar-refractivity contribution >= 4 is 23.5 Å². The van der Waals surface area contributed by atoms with Crippen molar-refractivity contribution in [3.05, 3.63) is 29.8 Å². The average molecular weight is 344 g/mol. The minimum Gasteiger partial charge on any atom is -0.481 e. The van der Waals surface area contributed by atoms with E-state index >= 15 is 0 Å². The first-order valence-electron chi connectivity index (χ1n) is 8.85. The van der Waals surface area contributed by atoms with Crippen molar-refractivity contribution in [3.63, 3.8) is 0 Å². The number of anilines is 1. The van der Waals surface area contributed by atoms with Gasteiger partial charge in [0, 0.05) is 24.6 Å². The van der Waals surface area contributed by atoms with Gasteiger partial charge in [0.15, 0.2) is 0 Å². The lowest BCUT2D eigenvalue weighted by Crippen LogP contribution is -2.54. The van der Waals surface area contributed by atoms with Crippen LogP contribution in [0.3, 0.4) is 0 Å². The van der Waals surface area contributed by atoms with Gasteiger partial charge >= 0.3 is 5.97 Å². The summed E-state index contributed by atoms with van der Waals surface area (Å²) < 4.78 is 0. The van der Waals surface area contributed by atoms with Crippen LogP contribution in [0.1, 0.15) is 37.7 Å². The second kappa shape index (κ2) is 7.25. The number of hydrogen-bond acceptors (Lipinski definition) is 3. The highest BCUT2D eigenvalue weighted by Gasteiger charge is 2.38. The van der Waals surface area contributed by atoms with Gasteiger partial charge in [-0.1, -0.05) is 18.2 Å². The van der Waals surface area contributed by atoms with E-state index < -0.39 is 12.0 Å². The third-order valence-electron chi connectivity index (χ3n) is 5.23. The van der Waals surface area contributed by atoms with E-state index in [4.69, 9.17) is 5.11 Å². The number of carbonyl (C=O) groups excluding carboxylic acids is 2. The zero-order valence-electron chi connectivity index (χ0n) is 14.4. The van der Waals surface area contributed by atoms with Gasteiger partial charge in [-0.25, -0.2) is 0 Å². The van der Waals surface area contributed by atoms with Gasteiger partial charge in [-0.3, -0.25) is 14.4 Å². The summed E-state index contributed by atoms with van der Waals surface area (Å²) in [6.45, 7) is 2.64. The number of hydrogen-bond donors (Lipinski definition) is 2. The van der Waals surface area contributed by atoms with Gasteiger partial charge in [0.25, 0.3) is 0 Å². The molecule has 1 aromatic rings. The van der Waals surface area contributed by atoms with Gasteiger partial charge in [-0.2, -0.15) is 0 Å². The number of aryl methyl sites for hydroxylation is 1. The number of aliphatic carboxylic acids is 1. The fourth-order valence-corrected chi connectivity index (χ4v) is 3.77. The van der Waals surface area contributed by atoms with Gasteiger partial charge in [0.05, 0.1) is 0 Å². The molecule has 6 nitrogen and oxygen atoms in total. The van der Waals surface area contributed by atoms with Crippen molar-refractivity contribution in [2.24, 2.45) is 11.8 Å². The first-order valence-corrected chi connectivity index (χ1v) is 8.85. The molecule has 1 heterocycles. The minimum absolute atomic E-state index is 0.0599. The number of rotatable bonds is 5. The Morgan fingerprint density at radius 3 is 2.68 bits per heavy atom. The van der Waals surface area contributed by atoms with Crippen molar-refractivity contribution in [2.75, 3.05) is 11.4 Å². The zero-order valence-corrected chi connectivity index (χ0v) is 14.4. The molecule has 1 saturated carbocycles. The highest BCUT2D eigenvalue weighted by atomic mass is 16.4. The lowest BCUT2D eigenvalue weighted by atomic mass is 9.72. The van der Waals surface area contributed by atoms with Crippen LogP contribution in [0.5, 0.6) is 0 Å². The predicted octanol–water partition coefficient (Wildman–Crippen LogP) is 2.11. The third-order valence-corrected chi connectivity index (χ3v) is 5.23. The first kappa shape index (κ1) is 17.5. The maximum atomic E-state index is 12.8. The largest absolute Gasteiger partial charge is 0.481 e. The van der Waals surface area contributed by atoms with Gasteiger partial charge in [-0.15, -0.1) is 0 Å². The molecule has 1 atom stereocenters. The van der Waals surface area contributed by atoms with E-state index in [1.54, 1.807) is 4.90 Å². The maximum absolute atomic E-state index is 12.8. The number of carbonyl (C=O) groups is 3.